The Bertz CT molecular complexity index is 187. The summed E-state index contributed by atoms with van der Waals surface area (Å²) in [6.07, 6.45) is 6.77. The van der Waals surface area contributed by atoms with E-state index in [2.05, 4.69) is 39.0 Å². The third-order valence-corrected chi connectivity index (χ3v) is 3.88. The van der Waals surface area contributed by atoms with Gasteiger partial charge in [0.15, 0.2) is 0 Å². The quantitative estimate of drug-likeness (QED) is 0.463. The fraction of sp³-hybridized carbons (Fsp3) is 0.556. The van der Waals surface area contributed by atoms with Crippen molar-refractivity contribution >= 4 is 10.2 Å². The molecular formula is C9H16Si. The maximum Gasteiger partial charge on any atom is 0.0158 e. The van der Waals surface area contributed by atoms with E-state index in [1.807, 2.05) is 0 Å². The Morgan fingerprint density at radius 1 is 1.60 bits per heavy atom. The minimum atomic E-state index is 0.499. The summed E-state index contributed by atoms with van der Waals surface area (Å²) in [6.45, 7) is 6.89. The summed E-state index contributed by atoms with van der Waals surface area (Å²) in [5, 5.41) is 0.499. The summed E-state index contributed by atoms with van der Waals surface area (Å²) in [7, 11) is 1.25. The van der Waals surface area contributed by atoms with Gasteiger partial charge in [-0.05, 0) is 17.9 Å². The van der Waals surface area contributed by atoms with Gasteiger partial charge in [-0.3, -0.25) is 0 Å². The van der Waals surface area contributed by atoms with E-state index >= 15 is 0 Å². The standard InChI is InChI=1S/C9H16Si/c1-7-5-4-6-9(3,10)8(7)2/h4-6,8H,1-3,10H3. The molecule has 0 amide bonds. The van der Waals surface area contributed by atoms with Crippen LogP contribution in [0.5, 0.6) is 0 Å². The van der Waals surface area contributed by atoms with Crippen LogP contribution < -0.4 is 0 Å². The van der Waals surface area contributed by atoms with Crippen LogP contribution in [-0.2, 0) is 0 Å². The molecule has 1 aliphatic rings. The third kappa shape index (κ3) is 1.24. The monoisotopic (exact) mass is 152 g/mol. The smallest absolute Gasteiger partial charge is 0.0158 e. The molecule has 1 rings (SSSR count). The van der Waals surface area contributed by atoms with Crippen molar-refractivity contribution in [3.63, 3.8) is 0 Å². The summed E-state index contributed by atoms with van der Waals surface area (Å²) < 4.78 is 0. The van der Waals surface area contributed by atoms with Gasteiger partial charge in [-0.1, -0.05) is 37.6 Å². The molecule has 0 fully saturated rings. The molecule has 2 atom stereocenters. The van der Waals surface area contributed by atoms with Crippen LogP contribution in [0.25, 0.3) is 0 Å². The van der Waals surface area contributed by atoms with Crippen molar-refractivity contribution in [1.82, 2.24) is 0 Å². The second kappa shape index (κ2) is 2.39. The average molecular weight is 152 g/mol. The van der Waals surface area contributed by atoms with Gasteiger partial charge in [0.1, 0.15) is 0 Å². The van der Waals surface area contributed by atoms with Gasteiger partial charge in [0, 0.05) is 10.2 Å². The Hall–Kier alpha value is -0.303. The second-order valence-electron chi connectivity index (χ2n) is 3.81. The summed E-state index contributed by atoms with van der Waals surface area (Å²) >= 11 is 0. The van der Waals surface area contributed by atoms with Crippen LogP contribution in [0, 0.1) is 5.92 Å². The SMILES string of the molecule is CC1=CC=CC(C)([SiH3])C1C. The van der Waals surface area contributed by atoms with Crippen LogP contribution in [0.15, 0.2) is 23.8 Å². The van der Waals surface area contributed by atoms with Crippen LogP contribution in [0.4, 0.5) is 0 Å². The maximum absolute atomic E-state index is 2.34. The first-order valence-electron chi connectivity index (χ1n) is 3.90. The highest BCUT2D eigenvalue weighted by molar-refractivity contribution is 6.17. The molecule has 0 saturated heterocycles. The molecule has 0 spiro atoms. The van der Waals surface area contributed by atoms with Gasteiger partial charge in [-0.15, -0.1) is 0 Å². The molecule has 0 N–H and O–H groups in total. The summed E-state index contributed by atoms with van der Waals surface area (Å²) in [5.74, 6) is 0.754. The largest absolute Gasteiger partial charge is 0.0817 e. The molecular weight excluding hydrogens is 136 g/mol. The Morgan fingerprint density at radius 3 is 2.60 bits per heavy atom. The molecule has 0 aromatic rings. The topological polar surface area (TPSA) is 0 Å². The highest BCUT2D eigenvalue weighted by atomic mass is 28.1. The molecule has 10 heavy (non-hydrogen) atoms. The molecule has 1 heteroatoms. The first kappa shape index (κ1) is 7.80. The molecule has 56 valence electrons. The van der Waals surface area contributed by atoms with Gasteiger partial charge >= 0.3 is 0 Å². The van der Waals surface area contributed by atoms with Crippen LogP contribution in [0.1, 0.15) is 20.8 Å². The van der Waals surface area contributed by atoms with Crippen molar-refractivity contribution in [1.29, 1.82) is 0 Å². The zero-order valence-corrected chi connectivity index (χ0v) is 9.31. The lowest BCUT2D eigenvalue weighted by molar-refractivity contribution is 0.545. The average Bonchev–Trinajstić information content (AvgIpc) is 1.83. The minimum absolute atomic E-state index is 0.499. The highest BCUT2D eigenvalue weighted by Crippen LogP contribution is 2.39. The first-order valence-corrected chi connectivity index (χ1v) is 4.90. The molecule has 0 saturated carbocycles. The fourth-order valence-electron chi connectivity index (χ4n) is 1.32. The van der Waals surface area contributed by atoms with Crippen molar-refractivity contribution in [3.8, 4) is 0 Å². The molecule has 0 aromatic carbocycles. The highest BCUT2D eigenvalue weighted by Gasteiger charge is 2.25. The van der Waals surface area contributed by atoms with E-state index in [0.29, 0.717) is 5.04 Å². The van der Waals surface area contributed by atoms with E-state index in [9.17, 15) is 0 Å². The normalized spacial score (nSPS) is 39.9. The lowest BCUT2D eigenvalue weighted by Crippen LogP contribution is -2.18. The molecule has 0 aromatic heterocycles. The van der Waals surface area contributed by atoms with E-state index in [0.717, 1.165) is 5.92 Å². The van der Waals surface area contributed by atoms with Gasteiger partial charge in [-0.2, -0.15) is 0 Å². The molecule has 0 bridgehead atoms. The zero-order valence-electron chi connectivity index (χ0n) is 7.31. The lowest BCUT2D eigenvalue weighted by Gasteiger charge is -2.31. The van der Waals surface area contributed by atoms with Crippen molar-refractivity contribution in [2.75, 3.05) is 0 Å². The fourth-order valence-corrected chi connectivity index (χ4v) is 1.97. The van der Waals surface area contributed by atoms with Crippen molar-refractivity contribution in [2.45, 2.75) is 25.8 Å². The van der Waals surface area contributed by atoms with E-state index < -0.39 is 0 Å². The molecule has 0 heterocycles. The Kier molecular flexibility index (Phi) is 1.86. The maximum atomic E-state index is 2.34. The van der Waals surface area contributed by atoms with E-state index in [-0.39, 0.29) is 0 Å². The predicted octanol–water partition coefficient (Wildman–Crippen LogP) is 1.68. The molecule has 0 nitrogen and oxygen atoms in total. The Balaban J connectivity index is 2.89. The number of rotatable bonds is 0. The second-order valence-corrected chi connectivity index (χ2v) is 5.97. The van der Waals surface area contributed by atoms with Crippen molar-refractivity contribution < 1.29 is 0 Å². The molecule has 1 aliphatic carbocycles. The third-order valence-electron chi connectivity index (χ3n) is 2.68. The minimum Gasteiger partial charge on any atom is -0.0817 e. The van der Waals surface area contributed by atoms with E-state index in [4.69, 9.17) is 0 Å². The summed E-state index contributed by atoms with van der Waals surface area (Å²) in [6, 6.07) is 0. The number of hydrogen-bond acceptors (Lipinski definition) is 0. The van der Waals surface area contributed by atoms with Gasteiger partial charge < -0.3 is 0 Å². The molecule has 2 unspecified atom stereocenters. The van der Waals surface area contributed by atoms with E-state index in [1.165, 1.54) is 15.8 Å². The molecule has 0 radical (unpaired) electrons. The van der Waals surface area contributed by atoms with Gasteiger partial charge in [0.05, 0.1) is 0 Å². The first-order chi connectivity index (χ1) is 4.54. The van der Waals surface area contributed by atoms with Gasteiger partial charge in [0.25, 0.3) is 0 Å². The number of allylic oxidation sites excluding steroid dienone is 4. The zero-order chi connectivity index (χ0) is 7.78. The van der Waals surface area contributed by atoms with Crippen LogP contribution in [0.3, 0.4) is 0 Å². The summed E-state index contributed by atoms with van der Waals surface area (Å²) in [5.41, 5.74) is 1.53. The van der Waals surface area contributed by atoms with Crippen molar-refractivity contribution in [2.24, 2.45) is 5.92 Å². The lowest BCUT2D eigenvalue weighted by atomic mass is 9.85. The van der Waals surface area contributed by atoms with Gasteiger partial charge in [0.2, 0.25) is 0 Å². The van der Waals surface area contributed by atoms with Gasteiger partial charge in [-0.25, -0.2) is 0 Å². The van der Waals surface area contributed by atoms with Crippen LogP contribution >= 0.6 is 0 Å². The van der Waals surface area contributed by atoms with Crippen LogP contribution in [-0.4, -0.2) is 10.2 Å². The Labute approximate surface area is 66.4 Å². The predicted molar refractivity (Wildman–Crippen MR) is 50.4 cm³/mol. The Morgan fingerprint density at radius 2 is 2.20 bits per heavy atom. The molecule has 0 aliphatic heterocycles. The number of hydrogen-bond donors (Lipinski definition) is 0. The van der Waals surface area contributed by atoms with E-state index in [1.54, 1.807) is 0 Å². The summed E-state index contributed by atoms with van der Waals surface area (Å²) in [4.78, 5) is 0. The van der Waals surface area contributed by atoms with Crippen LogP contribution in [0.2, 0.25) is 5.04 Å². The van der Waals surface area contributed by atoms with Crippen molar-refractivity contribution in [3.05, 3.63) is 23.8 Å².